The first-order chi connectivity index (χ1) is 9.83. The van der Waals surface area contributed by atoms with Crippen LogP contribution in [-0.4, -0.2) is 13.5 Å². The van der Waals surface area contributed by atoms with E-state index in [1.54, 1.807) is 0 Å². The molecule has 0 fully saturated rings. The third kappa shape index (κ3) is 3.49. The lowest BCUT2D eigenvalue weighted by molar-refractivity contribution is 0.282. The summed E-state index contributed by atoms with van der Waals surface area (Å²) in [6.07, 6.45) is 0. The van der Waals surface area contributed by atoms with Crippen molar-refractivity contribution in [2.24, 2.45) is 0 Å². The average molecular weight is 334 g/mol. The molecule has 0 aliphatic heterocycles. The molecular formula is C13H10ClF2NO3S. The summed E-state index contributed by atoms with van der Waals surface area (Å²) in [5, 5.41) is 8.51. The molecule has 0 radical (unpaired) electrons. The number of anilines is 1. The van der Waals surface area contributed by atoms with E-state index >= 15 is 0 Å². The van der Waals surface area contributed by atoms with Crippen molar-refractivity contribution in [3.8, 4) is 0 Å². The fraction of sp³-hybridized carbons (Fsp3) is 0.0769. The number of hydrogen-bond acceptors (Lipinski definition) is 3. The van der Waals surface area contributed by atoms with E-state index in [-0.39, 0.29) is 16.5 Å². The quantitative estimate of drug-likeness (QED) is 0.904. The van der Waals surface area contributed by atoms with E-state index in [9.17, 15) is 17.2 Å². The molecule has 0 unspecified atom stereocenters. The van der Waals surface area contributed by atoms with Gasteiger partial charge in [-0.15, -0.1) is 0 Å². The maximum Gasteiger partial charge on any atom is 0.262 e. The van der Waals surface area contributed by atoms with Gasteiger partial charge in [0.25, 0.3) is 10.0 Å². The van der Waals surface area contributed by atoms with E-state index in [2.05, 4.69) is 0 Å². The summed E-state index contributed by atoms with van der Waals surface area (Å²) >= 11 is 5.64. The van der Waals surface area contributed by atoms with Gasteiger partial charge in [0, 0.05) is 6.07 Å². The Labute approximate surface area is 125 Å². The Morgan fingerprint density at radius 1 is 1.14 bits per heavy atom. The van der Waals surface area contributed by atoms with E-state index in [0.717, 1.165) is 6.07 Å². The Morgan fingerprint density at radius 3 is 2.29 bits per heavy atom. The predicted molar refractivity (Wildman–Crippen MR) is 74.5 cm³/mol. The summed E-state index contributed by atoms with van der Waals surface area (Å²) in [7, 11) is -4.07. The molecule has 21 heavy (non-hydrogen) atoms. The van der Waals surface area contributed by atoms with Crippen molar-refractivity contribution in [2.45, 2.75) is 11.5 Å². The molecule has 4 nitrogen and oxygen atoms in total. The molecule has 0 bridgehead atoms. The monoisotopic (exact) mass is 333 g/mol. The normalized spacial score (nSPS) is 11.4. The highest BCUT2D eigenvalue weighted by atomic mass is 35.5. The minimum Gasteiger partial charge on any atom is -0.392 e. The standard InChI is InChI=1S/C13H10ClF2NO3S/c14-11-5-9(15)6-12(16)13(11)17-21(19,20)10-3-1-8(7-18)2-4-10/h1-6,17-18H,7H2. The second-order valence-electron chi connectivity index (χ2n) is 4.15. The highest BCUT2D eigenvalue weighted by Gasteiger charge is 2.19. The summed E-state index contributed by atoms with van der Waals surface area (Å²) in [5.41, 5.74) is 0.00393. The molecule has 0 atom stereocenters. The highest BCUT2D eigenvalue weighted by molar-refractivity contribution is 7.92. The van der Waals surface area contributed by atoms with Gasteiger partial charge in [-0.05, 0) is 23.8 Å². The molecule has 0 aliphatic carbocycles. The zero-order valence-corrected chi connectivity index (χ0v) is 12.0. The van der Waals surface area contributed by atoms with Crippen LogP contribution in [0, 0.1) is 11.6 Å². The van der Waals surface area contributed by atoms with Crippen molar-refractivity contribution in [1.29, 1.82) is 0 Å². The Morgan fingerprint density at radius 2 is 1.76 bits per heavy atom. The van der Waals surface area contributed by atoms with Gasteiger partial charge in [0.2, 0.25) is 0 Å². The summed E-state index contributed by atoms with van der Waals surface area (Å²) < 4.78 is 52.7. The smallest absolute Gasteiger partial charge is 0.262 e. The zero-order valence-electron chi connectivity index (χ0n) is 10.5. The van der Waals surface area contributed by atoms with Gasteiger partial charge in [-0.25, -0.2) is 17.2 Å². The SMILES string of the molecule is O=S(=O)(Nc1c(F)cc(F)cc1Cl)c1ccc(CO)cc1. The van der Waals surface area contributed by atoms with E-state index in [4.69, 9.17) is 16.7 Å². The van der Waals surface area contributed by atoms with E-state index in [1.807, 2.05) is 4.72 Å². The van der Waals surface area contributed by atoms with Crippen LogP contribution in [0.1, 0.15) is 5.56 Å². The van der Waals surface area contributed by atoms with Crippen molar-refractivity contribution in [2.75, 3.05) is 4.72 Å². The largest absolute Gasteiger partial charge is 0.392 e. The van der Waals surface area contributed by atoms with Crippen LogP contribution in [0.4, 0.5) is 14.5 Å². The van der Waals surface area contributed by atoms with Crippen LogP contribution in [0.15, 0.2) is 41.3 Å². The molecule has 0 amide bonds. The van der Waals surface area contributed by atoms with Gasteiger partial charge in [-0.2, -0.15) is 0 Å². The molecule has 0 aromatic heterocycles. The fourth-order valence-electron chi connectivity index (χ4n) is 1.61. The number of aliphatic hydroxyl groups excluding tert-OH is 1. The number of benzene rings is 2. The predicted octanol–water partition coefficient (Wildman–Crippen LogP) is 2.91. The fourth-order valence-corrected chi connectivity index (χ4v) is 2.99. The van der Waals surface area contributed by atoms with Crippen LogP contribution in [-0.2, 0) is 16.6 Å². The third-order valence-corrected chi connectivity index (χ3v) is 4.32. The van der Waals surface area contributed by atoms with Gasteiger partial charge >= 0.3 is 0 Å². The molecule has 0 aliphatic rings. The van der Waals surface area contributed by atoms with Gasteiger partial charge in [0.15, 0.2) is 5.82 Å². The molecule has 0 saturated heterocycles. The van der Waals surface area contributed by atoms with Gasteiger partial charge in [0.05, 0.1) is 16.5 Å². The summed E-state index contributed by atoms with van der Waals surface area (Å²) in [4.78, 5) is -0.139. The molecule has 2 rings (SSSR count). The molecular weight excluding hydrogens is 324 g/mol. The van der Waals surface area contributed by atoms with Crippen molar-refractivity contribution in [3.63, 3.8) is 0 Å². The Bertz CT molecular complexity index is 740. The lowest BCUT2D eigenvalue weighted by Crippen LogP contribution is -2.14. The third-order valence-electron chi connectivity index (χ3n) is 2.66. The molecule has 2 aromatic carbocycles. The summed E-state index contributed by atoms with van der Waals surface area (Å²) in [5.74, 6) is -2.02. The van der Waals surface area contributed by atoms with Crippen LogP contribution in [0.5, 0.6) is 0 Å². The zero-order chi connectivity index (χ0) is 15.6. The molecule has 112 valence electrons. The lowest BCUT2D eigenvalue weighted by atomic mass is 10.2. The lowest BCUT2D eigenvalue weighted by Gasteiger charge is -2.11. The van der Waals surface area contributed by atoms with Gasteiger partial charge in [0.1, 0.15) is 11.5 Å². The maximum absolute atomic E-state index is 13.6. The molecule has 2 N–H and O–H groups in total. The minimum atomic E-state index is -4.07. The van der Waals surface area contributed by atoms with Gasteiger partial charge < -0.3 is 5.11 Å². The Kier molecular flexibility index (Phi) is 4.46. The van der Waals surface area contributed by atoms with Gasteiger partial charge in [-0.3, -0.25) is 4.72 Å². The molecule has 0 spiro atoms. The average Bonchev–Trinajstić information content (AvgIpc) is 2.43. The first-order valence-corrected chi connectivity index (χ1v) is 7.57. The molecule has 0 heterocycles. The molecule has 0 saturated carbocycles. The van der Waals surface area contributed by atoms with Gasteiger partial charge in [-0.1, -0.05) is 23.7 Å². The van der Waals surface area contributed by atoms with Crippen LogP contribution >= 0.6 is 11.6 Å². The minimum absolute atomic E-state index is 0.139. The first-order valence-electron chi connectivity index (χ1n) is 5.70. The Balaban J connectivity index is 2.37. The first kappa shape index (κ1) is 15.7. The number of nitrogens with one attached hydrogen (secondary N) is 1. The maximum atomic E-state index is 13.6. The second-order valence-corrected chi connectivity index (χ2v) is 6.24. The van der Waals surface area contributed by atoms with E-state index < -0.39 is 27.3 Å². The number of hydrogen-bond donors (Lipinski definition) is 2. The van der Waals surface area contributed by atoms with Crippen LogP contribution in [0.2, 0.25) is 5.02 Å². The number of sulfonamides is 1. The van der Waals surface area contributed by atoms with Crippen molar-refractivity contribution < 1.29 is 22.3 Å². The topological polar surface area (TPSA) is 66.4 Å². The summed E-state index contributed by atoms with van der Waals surface area (Å²) in [6, 6.07) is 6.66. The van der Waals surface area contributed by atoms with Crippen molar-refractivity contribution >= 4 is 27.3 Å². The van der Waals surface area contributed by atoms with Crippen LogP contribution in [0.3, 0.4) is 0 Å². The Hall–Kier alpha value is -1.70. The second kappa shape index (κ2) is 5.97. The summed E-state index contributed by atoms with van der Waals surface area (Å²) in [6.45, 7) is -0.230. The van der Waals surface area contributed by atoms with Crippen molar-refractivity contribution in [3.05, 3.63) is 58.6 Å². The number of halogens is 3. The van der Waals surface area contributed by atoms with E-state index in [0.29, 0.717) is 11.6 Å². The van der Waals surface area contributed by atoms with Crippen LogP contribution < -0.4 is 4.72 Å². The van der Waals surface area contributed by atoms with E-state index in [1.165, 1.54) is 24.3 Å². The number of aliphatic hydroxyl groups is 1. The molecule has 8 heteroatoms. The molecule has 2 aromatic rings. The number of rotatable bonds is 4. The van der Waals surface area contributed by atoms with Crippen LogP contribution in [0.25, 0.3) is 0 Å². The highest BCUT2D eigenvalue weighted by Crippen LogP contribution is 2.28. The van der Waals surface area contributed by atoms with Crippen molar-refractivity contribution in [1.82, 2.24) is 0 Å².